The van der Waals surface area contributed by atoms with Crippen molar-refractivity contribution in [2.45, 2.75) is 6.42 Å². The zero-order valence-electron chi connectivity index (χ0n) is 7.50. The zero-order chi connectivity index (χ0) is 9.97. The summed E-state index contributed by atoms with van der Waals surface area (Å²) in [5, 5.41) is 0.866. The van der Waals surface area contributed by atoms with E-state index in [1.165, 1.54) is 15.1 Å². The Kier molecular flexibility index (Phi) is 3.29. The molecule has 0 aliphatic heterocycles. The molecule has 0 nitrogen and oxygen atoms in total. The molecule has 0 N–H and O–H groups in total. The Bertz CT molecular complexity index is 379. The average molecular weight is 316 g/mol. The van der Waals surface area contributed by atoms with Crippen LogP contribution in [0.2, 0.25) is 0 Å². The molecule has 0 amide bonds. The van der Waals surface area contributed by atoms with Crippen molar-refractivity contribution in [1.29, 1.82) is 0 Å². The third-order valence-electron chi connectivity index (χ3n) is 2.18. The molecule has 1 aromatic rings. The Morgan fingerprint density at radius 3 is 2.43 bits per heavy atom. The molecule has 1 radical (unpaired) electrons. The molecule has 2 rings (SSSR count). The van der Waals surface area contributed by atoms with Gasteiger partial charge in [0.05, 0.1) is 3.92 Å². The predicted molar refractivity (Wildman–Crippen MR) is 70.2 cm³/mol. The van der Waals surface area contributed by atoms with Crippen LogP contribution < -0.4 is 0 Å². The Hall–Kier alpha value is -0.280. The first kappa shape index (κ1) is 10.2. The van der Waals surface area contributed by atoms with E-state index in [-0.39, 0.29) is 0 Å². The minimum Gasteiger partial charge on any atom is -0.0876 e. The molecule has 0 spiro atoms. The molecule has 1 aromatic carbocycles. The number of hydrogen-bond acceptors (Lipinski definition) is 0. The number of hydrogen-bond donors (Lipinski definition) is 0. The maximum Gasteiger partial charge on any atom is 0.0815 e. The Morgan fingerprint density at radius 2 is 1.79 bits per heavy atom. The molecule has 71 valence electrons. The fraction of sp³-hybridized carbons (Fsp3) is 0.0833. The minimum absolute atomic E-state index is 0.866. The van der Waals surface area contributed by atoms with Gasteiger partial charge >= 0.3 is 0 Å². The molecule has 1 aliphatic rings. The maximum absolute atomic E-state index is 5.99. The molecule has 0 saturated heterocycles. The third-order valence-corrected chi connectivity index (χ3v) is 3.82. The van der Waals surface area contributed by atoms with Gasteiger partial charge in [-0.05, 0) is 23.6 Å². The van der Waals surface area contributed by atoms with Gasteiger partial charge in [0.1, 0.15) is 0 Å². The van der Waals surface area contributed by atoms with E-state index in [4.69, 9.17) is 11.6 Å². The summed E-state index contributed by atoms with van der Waals surface area (Å²) in [6.07, 6.45) is 5.01. The van der Waals surface area contributed by atoms with Crippen molar-refractivity contribution >= 4 is 39.8 Å². The van der Waals surface area contributed by atoms with Crippen LogP contribution in [0.15, 0.2) is 47.5 Å². The van der Waals surface area contributed by atoms with Gasteiger partial charge in [-0.1, -0.05) is 70.6 Å². The highest BCUT2D eigenvalue weighted by molar-refractivity contribution is 14.1. The van der Waals surface area contributed by atoms with Crippen LogP contribution in [-0.4, -0.2) is 0 Å². The average Bonchev–Trinajstić information content (AvgIpc) is 2.23. The Morgan fingerprint density at radius 1 is 1.07 bits per heavy atom. The van der Waals surface area contributed by atoms with Gasteiger partial charge in [-0.3, -0.25) is 0 Å². The fourth-order valence-corrected chi connectivity index (χ4v) is 2.15. The van der Waals surface area contributed by atoms with Gasteiger partial charge in [0.2, 0.25) is 0 Å². The SMILES string of the molecule is ClC1=CC=C(c2ccccc2)C[C]1I. The lowest BCUT2D eigenvalue weighted by molar-refractivity contribution is 1.24. The first-order chi connectivity index (χ1) is 6.77. The molecule has 0 bridgehead atoms. The van der Waals surface area contributed by atoms with Gasteiger partial charge in [0, 0.05) is 5.03 Å². The highest BCUT2D eigenvalue weighted by Gasteiger charge is 2.16. The van der Waals surface area contributed by atoms with Gasteiger partial charge < -0.3 is 0 Å². The second-order valence-electron chi connectivity index (χ2n) is 3.15. The van der Waals surface area contributed by atoms with E-state index < -0.39 is 0 Å². The Balaban J connectivity index is 2.30. The number of allylic oxidation sites excluding steroid dienone is 4. The zero-order valence-corrected chi connectivity index (χ0v) is 10.4. The van der Waals surface area contributed by atoms with E-state index in [9.17, 15) is 0 Å². The quantitative estimate of drug-likeness (QED) is 0.666. The molecular weight excluding hydrogens is 306 g/mol. The standard InChI is InChI=1S/C12H9ClI/c13-11-7-6-10(8-12(11)14)9-4-2-1-3-5-9/h1-7H,8H2. The second kappa shape index (κ2) is 4.49. The third kappa shape index (κ3) is 2.20. The highest BCUT2D eigenvalue weighted by atomic mass is 127. The van der Waals surface area contributed by atoms with E-state index in [1.54, 1.807) is 0 Å². The molecule has 0 atom stereocenters. The molecular formula is C12H9ClI. The Labute approximate surface area is 103 Å². The van der Waals surface area contributed by atoms with Crippen LogP contribution in [0.5, 0.6) is 0 Å². The minimum atomic E-state index is 0.866. The van der Waals surface area contributed by atoms with E-state index in [0.29, 0.717) is 0 Å². The number of rotatable bonds is 1. The lowest BCUT2D eigenvalue weighted by Gasteiger charge is -2.15. The summed E-state index contributed by atoms with van der Waals surface area (Å²) in [5.41, 5.74) is 2.61. The second-order valence-corrected chi connectivity index (χ2v) is 4.86. The summed E-state index contributed by atoms with van der Waals surface area (Å²) in [6.45, 7) is 0. The monoisotopic (exact) mass is 315 g/mol. The topological polar surface area (TPSA) is 0 Å². The molecule has 2 heteroatoms. The maximum atomic E-state index is 5.99. The van der Waals surface area contributed by atoms with Gasteiger partial charge in [-0.25, -0.2) is 0 Å². The van der Waals surface area contributed by atoms with Crippen LogP contribution in [0.3, 0.4) is 0 Å². The van der Waals surface area contributed by atoms with Crippen LogP contribution in [0.1, 0.15) is 12.0 Å². The van der Waals surface area contributed by atoms with Crippen LogP contribution >= 0.6 is 34.2 Å². The summed E-state index contributed by atoms with van der Waals surface area (Å²) in [6, 6.07) is 10.4. The van der Waals surface area contributed by atoms with Crippen molar-refractivity contribution in [2.75, 3.05) is 0 Å². The normalized spacial score (nSPS) is 17.6. The van der Waals surface area contributed by atoms with Crippen LogP contribution in [0.25, 0.3) is 5.57 Å². The van der Waals surface area contributed by atoms with E-state index in [2.05, 4.69) is 52.9 Å². The summed E-state index contributed by atoms with van der Waals surface area (Å²) < 4.78 is 1.21. The molecule has 0 fully saturated rings. The van der Waals surface area contributed by atoms with Gasteiger partial charge in [-0.15, -0.1) is 0 Å². The summed E-state index contributed by atoms with van der Waals surface area (Å²) in [5.74, 6) is 0. The highest BCUT2D eigenvalue weighted by Crippen LogP contribution is 2.38. The molecule has 0 aromatic heterocycles. The van der Waals surface area contributed by atoms with Crippen molar-refractivity contribution in [3.05, 3.63) is 57.0 Å². The molecule has 1 aliphatic carbocycles. The molecule has 0 unspecified atom stereocenters. The van der Waals surface area contributed by atoms with Gasteiger partial charge in [-0.2, -0.15) is 0 Å². The largest absolute Gasteiger partial charge is 0.0876 e. The summed E-state index contributed by atoms with van der Waals surface area (Å²) in [4.78, 5) is 0. The van der Waals surface area contributed by atoms with Crippen molar-refractivity contribution in [3.63, 3.8) is 0 Å². The van der Waals surface area contributed by atoms with Crippen molar-refractivity contribution < 1.29 is 0 Å². The van der Waals surface area contributed by atoms with Crippen LogP contribution in [0.4, 0.5) is 0 Å². The van der Waals surface area contributed by atoms with Crippen molar-refractivity contribution in [3.8, 4) is 0 Å². The first-order valence-corrected chi connectivity index (χ1v) is 5.86. The smallest absolute Gasteiger partial charge is 0.0815 e. The fourth-order valence-electron chi connectivity index (χ4n) is 1.43. The van der Waals surface area contributed by atoms with E-state index >= 15 is 0 Å². The lowest BCUT2D eigenvalue weighted by Crippen LogP contribution is -1.96. The van der Waals surface area contributed by atoms with E-state index in [0.717, 1.165) is 11.5 Å². The van der Waals surface area contributed by atoms with Gasteiger partial charge in [0.15, 0.2) is 0 Å². The lowest BCUT2D eigenvalue weighted by atomic mass is 9.97. The number of benzene rings is 1. The predicted octanol–water partition coefficient (Wildman–Crippen LogP) is 4.56. The molecule has 0 saturated carbocycles. The molecule has 0 heterocycles. The van der Waals surface area contributed by atoms with E-state index in [1.807, 2.05) is 12.1 Å². The van der Waals surface area contributed by atoms with Crippen molar-refractivity contribution in [1.82, 2.24) is 0 Å². The molecule has 14 heavy (non-hydrogen) atoms. The number of halogens is 2. The first-order valence-electron chi connectivity index (χ1n) is 4.41. The summed E-state index contributed by atoms with van der Waals surface area (Å²) in [7, 11) is 0. The van der Waals surface area contributed by atoms with Crippen molar-refractivity contribution in [2.24, 2.45) is 0 Å². The van der Waals surface area contributed by atoms with Gasteiger partial charge in [0.25, 0.3) is 0 Å². The summed E-state index contributed by atoms with van der Waals surface area (Å²) >= 11 is 8.29. The van der Waals surface area contributed by atoms with Crippen LogP contribution in [0, 0.1) is 3.92 Å². The van der Waals surface area contributed by atoms with Crippen LogP contribution in [-0.2, 0) is 0 Å².